The number of nitrogens with one attached hydrogen (secondary N) is 13. The Morgan fingerprint density at radius 1 is 0.299 bits per heavy atom. The molecule has 0 aromatic rings. The molecule has 13 amide bonds. The number of hydrogen-bond donors (Lipinski definition) is 20. The van der Waals surface area contributed by atoms with Gasteiger partial charge in [0.2, 0.25) is 76.8 Å². The third-order valence-electron chi connectivity index (χ3n) is 7.82. The zero-order chi connectivity index (χ0) is 51.1. The van der Waals surface area contributed by atoms with E-state index in [0.717, 1.165) is 0 Å². The summed E-state index contributed by atoms with van der Waals surface area (Å²) < 4.78 is 0. The highest BCUT2D eigenvalue weighted by molar-refractivity contribution is 5.96. The van der Waals surface area contributed by atoms with E-state index in [1.165, 1.54) is 0 Å². The van der Waals surface area contributed by atoms with Crippen molar-refractivity contribution >= 4 is 82.8 Å². The van der Waals surface area contributed by atoms with Crippen LogP contribution >= 0.6 is 0 Å². The van der Waals surface area contributed by atoms with Gasteiger partial charge in [0, 0.05) is 0 Å². The summed E-state index contributed by atoms with van der Waals surface area (Å²) in [7, 11) is 0. The quantitative estimate of drug-likeness (QED) is 0.0298. The molecule has 0 aromatic heterocycles. The third kappa shape index (κ3) is 26.0. The summed E-state index contributed by atoms with van der Waals surface area (Å²) >= 11 is 0. The van der Waals surface area contributed by atoms with Crippen molar-refractivity contribution in [1.29, 1.82) is 0 Å². The van der Waals surface area contributed by atoms with Crippen LogP contribution in [0.15, 0.2) is 0 Å². The molecule has 67 heavy (non-hydrogen) atoms. The molecule has 0 rings (SSSR count). The average Bonchev–Trinajstić information content (AvgIpc) is 3.31. The molecule has 34 heteroatoms. The maximum absolute atomic E-state index is 12.4. The molecule has 34 nitrogen and oxygen atoms in total. The highest BCUT2D eigenvalue weighted by atomic mass is 16.4. The minimum atomic E-state index is -1.71. The number of aliphatic hydroxyl groups is 5. The number of aliphatic carboxylic acids is 1. The molecule has 0 fully saturated rings. The van der Waals surface area contributed by atoms with Crippen LogP contribution in [0.25, 0.3) is 0 Å². The van der Waals surface area contributed by atoms with Crippen LogP contribution in [-0.2, 0) is 67.1 Å². The molecule has 0 bridgehead atoms. The largest absolute Gasteiger partial charge is 0.480 e. The van der Waals surface area contributed by atoms with Gasteiger partial charge in [-0.25, -0.2) is 4.79 Å². The van der Waals surface area contributed by atoms with Crippen molar-refractivity contribution in [2.75, 3.05) is 91.9 Å². The maximum Gasteiger partial charge on any atom is 0.328 e. The Balaban J connectivity index is 4.47. The fourth-order valence-corrected chi connectivity index (χ4v) is 4.28. The van der Waals surface area contributed by atoms with Crippen LogP contribution in [0.5, 0.6) is 0 Å². The van der Waals surface area contributed by atoms with Gasteiger partial charge in [-0.05, 0) is 0 Å². The molecule has 0 aliphatic carbocycles. The van der Waals surface area contributed by atoms with Gasteiger partial charge in [-0.3, -0.25) is 62.3 Å². The second-order valence-corrected chi connectivity index (χ2v) is 13.0. The molecule has 0 aliphatic heterocycles. The first kappa shape index (κ1) is 59.3. The summed E-state index contributed by atoms with van der Waals surface area (Å²) in [6.45, 7) is -11.1. The van der Waals surface area contributed by atoms with Crippen LogP contribution in [0.4, 0.5) is 0 Å². The first-order chi connectivity index (χ1) is 31.6. The second-order valence-electron chi connectivity index (χ2n) is 13.0. The number of rotatable bonds is 32. The number of carbonyl (C=O) groups excluding carboxylic acids is 13. The lowest BCUT2D eigenvalue weighted by atomic mass is 10.2. The summed E-state index contributed by atoms with van der Waals surface area (Å²) in [5.41, 5.74) is 5.12. The normalized spacial score (nSPS) is 12.6. The molecule has 0 unspecified atom stereocenters. The number of nitrogens with two attached hydrogens (primary N) is 1. The molecule has 0 heterocycles. The zero-order valence-corrected chi connectivity index (χ0v) is 35.3. The Kier molecular flexibility index (Phi) is 29.2. The van der Waals surface area contributed by atoms with Gasteiger partial charge in [-0.15, -0.1) is 0 Å². The minimum Gasteiger partial charge on any atom is -0.480 e. The molecular weight excluding hydrogens is 912 g/mol. The van der Waals surface area contributed by atoms with Crippen molar-refractivity contribution in [3.05, 3.63) is 0 Å². The molecule has 0 spiro atoms. The predicted octanol–water partition coefficient (Wildman–Crippen LogP) is -15.7. The number of aliphatic hydroxyl groups excluding tert-OH is 5. The monoisotopic (exact) mass is 966 g/mol. The molecule has 0 aromatic carbocycles. The summed E-state index contributed by atoms with van der Waals surface area (Å²) in [5, 5.41) is 82.1. The molecule has 376 valence electrons. The molecule has 0 saturated heterocycles. The zero-order valence-electron chi connectivity index (χ0n) is 35.3. The van der Waals surface area contributed by atoms with Gasteiger partial charge in [-0.2, -0.15) is 0 Å². The fourth-order valence-electron chi connectivity index (χ4n) is 4.28. The Hall–Kier alpha value is -7.66. The standard InChI is InChI=1S/C33H54N14O20/c34-1-20(53)43-17(12-50)31(64)46-16(11-49)30(63)42-7-26(59)38-3-22(55)35-4-23(56)39-8-27(60)44-15(10-48)29(62)41-6-25(58)37-2-21(54)36-5-24(57)40-9-28(61)45-18(13-51)32(65)47-19(14-52)33(66)67/h15-19,48-52H,1-14,34H2,(H,35,55)(H,36,54)(H,37,58)(H,38,59)(H,39,56)(H,40,57)(H,41,62)(H,42,63)(H,43,53)(H,44,60)(H,45,61)(H,46,64)(H,47,65)(H,66,67)/t15-,16-,17-,18-,19-/m0/s1. The van der Waals surface area contributed by atoms with Crippen LogP contribution in [0.1, 0.15) is 0 Å². The van der Waals surface area contributed by atoms with E-state index in [2.05, 4.69) is 58.5 Å². The fraction of sp³-hybridized carbons (Fsp3) is 0.576. The highest BCUT2D eigenvalue weighted by Crippen LogP contribution is 1.91. The number of amides is 13. The Labute approximate surface area is 377 Å². The van der Waals surface area contributed by atoms with Gasteiger partial charge >= 0.3 is 5.97 Å². The van der Waals surface area contributed by atoms with E-state index in [9.17, 15) is 87.5 Å². The van der Waals surface area contributed by atoms with Crippen LogP contribution in [0.2, 0.25) is 0 Å². The second kappa shape index (κ2) is 32.9. The van der Waals surface area contributed by atoms with E-state index in [1.54, 1.807) is 0 Å². The lowest BCUT2D eigenvalue weighted by Gasteiger charge is -2.20. The van der Waals surface area contributed by atoms with E-state index >= 15 is 0 Å². The molecule has 5 atom stereocenters. The molecular formula is C33H54N14O20. The first-order valence-corrected chi connectivity index (χ1v) is 19.3. The van der Waals surface area contributed by atoms with E-state index in [0.29, 0.717) is 0 Å². The van der Waals surface area contributed by atoms with Gasteiger partial charge in [0.15, 0.2) is 0 Å². The SMILES string of the molecule is NCC(=O)N[C@@H](CO)C(=O)N[C@@H](CO)C(=O)NCC(=O)NCC(=O)NCC(=O)NCC(=O)N[C@@H](CO)C(=O)NCC(=O)NCC(=O)NCC(=O)NCC(=O)N[C@@H](CO)C(=O)N[C@@H](CO)C(=O)O. The average molecular weight is 967 g/mol. The lowest BCUT2D eigenvalue weighted by Crippen LogP contribution is -2.57. The third-order valence-corrected chi connectivity index (χ3v) is 7.82. The van der Waals surface area contributed by atoms with Gasteiger partial charge < -0.3 is 105 Å². The van der Waals surface area contributed by atoms with Crippen LogP contribution in [0.3, 0.4) is 0 Å². The summed E-state index contributed by atoms with van der Waals surface area (Å²) in [6.07, 6.45) is 0. The van der Waals surface area contributed by atoms with E-state index in [1.807, 2.05) is 10.6 Å². The van der Waals surface area contributed by atoms with Gasteiger partial charge in [0.25, 0.3) is 0 Å². The van der Waals surface area contributed by atoms with Gasteiger partial charge in [-0.1, -0.05) is 0 Å². The van der Waals surface area contributed by atoms with Gasteiger partial charge in [0.05, 0.1) is 91.9 Å². The first-order valence-electron chi connectivity index (χ1n) is 19.3. The van der Waals surface area contributed by atoms with Crippen LogP contribution < -0.4 is 74.9 Å². The van der Waals surface area contributed by atoms with Crippen molar-refractivity contribution in [1.82, 2.24) is 69.1 Å². The van der Waals surface area contributed by atoms with Gasteiger partial charge in [0.1, 0.15) is 30.2 Å². The number of carboxylic acid groups (broad SMARTS) is 1. The molecule has 0 aliphatic rings. The number of carboxylic acids is 1. The maximum atomic E-state index is 12.4. The van der Waals surface area contributed by atoms with E-state index in [4.69, 9.17) is 15.9 Å². The Bertz CT molecular complexity index is 1800. The van der Waals surface area contributed by atoms with E-state index < -0.39 is 205 Å². The topological polar surface area (TPSA) is 543 Å². The Morgan fingerprint density at radius 2 is 0.522 bits per heavy atom. The van der Waals surface area contributed by atoms with Crippen LogP contribution in [-0.4, -0.2) is 236 Å². The van der Waals surface area contributed by atoms with Crippen LogP contribution in [0, 0.1) is 0 Å². The minimum absolute atomic E-state index is 0.500. The predicted molar refractivity (Wildman–Crippen MR) is 216 cm³/mol. The lowest BCUT2D eigenvalue weighted by molar-refractivity contribution is -0.143. The van der Waals surface area contributed by atoms with Crippen molar-refractivity contribution < 1.29 is 97.8 Å². The number of hydrogen-bond acceptors (Lipinski definition) is 20. The van der Waals surface area contributed by atoms with Crippen molar-refractivity contribution in [3.8, 4) is 0 Å². The summed E-state index contributed by atoms with van der Waals surface area (Å²) in [4.78, 5) is 168. The van der Waals surface area contributed by atoms with Crippen molar-refractivity contribution in [2.45, 2.75) is 30.2 Å². The van der Waals surface area contributed by atoms with Crippen molar-refractivity contribution in [2.24, 2.45) is 5.73 Å². The molecule has 0 radical (unpaired) electrons. The summed E-state index contributed by atoms with van der Waals surface area (Å²) in [5.74, 6) is -14.2. The van der Waals surface area contributed by atoms with E-state index in [-0.39, 0.29) is 0 Å². The highest BCUT2D eigenvalue weighted by Gasteiger charge is 2.28. The molecule has 0 saturated carbocycles. The van der Waals surface area contributed by atoms with Crippen molar-refractivity contribution in [3.63, 3.8) is 0 Å². The smallest absolute Gasteiger partial charge is 0.328 e. The Morgan fingerprint density at radius 3 is 0.791 bits per heavy atom. The summed E-state index contributed by atoms with van der Waals surface area (Å²) in [6, 6.07) is -8.07. The number of carbonyl (C=O) groups is 14. The molecule has 21 N–H and O–H groups in total.